The molecule has 2 aromatic rings. The Morgan fingerprint density at radius 1 is 1.21 bits per heavy atom. The number of carbonyl (C=O) groups is 1. The minimum Gasteiger partial charge on any atom is -0.465 e. The van der Waals surface area contributed by atoms with Gasteiger partial charge in [-0.2, -0.15) is 0 Å². The highest BCUT2D eigenvalue weighted by atomic mass is 32.2. The van der Waals surface area contributed by atoms with E-state index in [2.05, 4.69) is 9.46 Å². The Morgan fingerprint density at radius 2 is 1.92 bits per heavy atom. The molecule has 0 aromatic heterocycles. The molecule has 0 aliphatic carbocycles. The number of sulfonamides is 1. The van der Waals surface area contributed by atoms with Crippen molar-refractivity contribution in [2.75, 3.05) is 17.6 Å². The molecular weight excluding hydrogens is 346 g/mol. The summed E-state index contributed by atoms with van der Waals surface area (Å²) in [6.45, 7) is 3.68. The van der Waals surface area contributed by atoms with Gasteiger partial charge >= 0.3 is 5.97 Å². The van der Waals surface area contributed by atoms with Crippen LogP contribution in [0, 0.1) is 6.92 Å². The van der Waals surface area contributed by atoms with Crippen LogP contribution in [0.4, 0.5) is 5.69 Å². The molecule has 24 heavy (non-hydrogen) atoms. The van der Waals surface area contributed by atoms with E-state index in [0.717, 1.165) is 10.6 Å². The molecule has 1 N–H and O–H groups in total. The molecule has 0 fully saturated rings. The van der Waals surface area contributed by atoms with Crippen molar-refractivity contribution in [2.24, 2.45) is 0 Å². The van der Waals surface area contributed by atoms with E-state index in [-0.39, 0.29) is 10.5 Å². The topological polar surface area (TPSA) is 72.5 Å². The predicted molar refractivity (Wildman–Crippen MR) is 96.2 cm³/mol. The minimum absolute atomic E-state index is 0.0571. The van der Waals surface area contributed by atoms with Crippen molar-refractivity contribution in [1.29, 1.82) is 0 Å². The average Bonchev–Trinajstić information content (AvgIpc) is 2.56. The highest BCUT2D eigenvalue weighted by molar-refractivity contribution is 7.99. The van der Waals surface area contributed by atoms with Gasteiger partial charge in [0, 0.05) is 4.90 Å². The van der Waals surface area contributed by atoms with E-state index in [1.807, 2.05) is 19.1 Å². The monoisotopic (exact) mass is 365 g/mol. The van der Waals surface area contributed by atoms with Gasteiger partial charge in [-0.25, -0.2) is 13.2 Å². The molecule has 0 atom stereocenters. The first-order valence-electron chi connectivity index (χ1n) is 7.32. The fourth-order valence-corrected chi connectivity index (χ4v) is 4.34. The van der Waals surface area contributed by atoms with Crippen molar-refractivity contribution in [3.8, 4) is 0 Å². The lowest BCUT2D eigenvalue weighted by atomic mass is 10.1. The molecule has 7 heteroatoms. The Balaban J connectivity index is 2.43. The number of benzene rings is 2. The van der Waals surface area contributed by atoms with Crippen LogP contribution < -0.4 is 4.72 Å². The SMILES string of the molecule is CCSc1ccccc1NS(=O)(=O)c1cc(C(=O)OC)ccc1C. The van der Waals surface area contributed by atoms with Crippen LogP contribution >= 0.6 is 11.8 Å². The summed E-state index contributed by atoms with van der Waals surface area (Å²) in [4.78, 5) is 12.6. The standard InChI is InChI=1S/C17H19NO4S2/c1-4-23-15-8-6-5-7-14(15)18-24(20,21)16-11-13(17(19)22-3)10-9-12(16)2/h5-11,18H,4H2,1-3H3. The Hall–Kier alpha value is -1.99. The molecule has 0 aliphatic heterocycles. The highest BCUT2D eigenvalue weighted by Gasteiger charge is 2.20. The number of hydrogen-bond acceptors (Lipinski definition) is 5. The summed E-state index contributed by atoms with van der Waals surface area (Å²) >= 11 is 1.55. The fourth-order valence-electron chi connectivity index (χ4n) is 2.17. The molecule has 0 heterocycles. The lowest BCUT2D eigenvalue weighted by Gasteiger charge is -2.14. The maximum absolute atomic E-state index is 12.8. The van der Waals surface area contributed by atoms with Crippen LogP contribution in [0.15, 0.2) is 52.3 Å². The van der Waals surface area contributed by atoms with E-state index in [1.54, 1.807) is 43.0 Å². The van der Waals surface area contributed by atoms with Crippen LogP contribution in [-0.2, 0) is 14.8 Å². The lowest BCUT2D eigenvalue weighted by molar-refractivity contribution is 0.0600. The molecule has 0 saturated carbocycles. The second kappa shape index (κ2) is 7.72. The number of ether oxygens (including phenoxy) is 1. The number of nitrogens with one attached hydrogen (secondary N) is 1. The van der Waals surface area contributed by atoms with E-state index in [1.165, 1.54) is 13.2 Å². The molecular formula is C17H19NO4S2. The Bertz CT molecular complexity index is 847. The summed E-state index contributed by atoms with van der Waals surface area (Å²) in [6.07, 6.45) is 0. The molecule has 0 spiro atoms. The van der Waals surface area contributed by atoms with Gasteiger partial charge in [-0.05, 0) is 42.5 Å². The summed E-state index contributed by atoms with van der Waals surface area (Å²) in [7, 11) is -2.56. The first-order chi connectivity index (χ1) is 11.4. The van der Waals surface area contributed by atoms with Gasteiger partial charge in [-0.3, -0.25) is 4.72 Å². The molecule has 0 aliphatic rings. The Labute approximate surface area is 146 Å². The van der Waals surface area contributed by atoms with Crippen molar-refractivity contribution >= 4 is 33.4 Å². The number of anilines is 1. The molecule has 0 bridgehead atoms. The number of aryl methyl sites for hydroxylation is 1. The van der Waals surface area contributed by atoms with Crippen LogP contribution in [0.2, 0.25) is 0 Å². The van der Waals surface area contributed by atoms with Crippen molar-refractivity contribution in [3.63, 3.8) is 0 Å². The van der Waals surface area contributed by atoms with Crippen molar-refractivity contribution in [1.82, 2.24) is 0 Å². The number of rotatable bonds is 6. The number of hydrogen-bond donors (Lipinski definition) is 1. The third-order valence-electron chi connectivity index (χ3n) is 3.33. The van der Waals surface area contributed by atoms with Crippen molar-refractivity contribution in [2.45, 2.75) is 23.6 Å². The molecule has 2 rings (SSSR count). The van der Waals surface area contributed by atoms with Crippen molar-refractivity contribution < 1.29 is 17.9 Å². The second-order valence-electron chi connectivity index (χ2n) is 5.01. The van der Waals surface area contributed by atoms with Crippen LogP contribution in [-0.4, -0.2) is 27.2 Å². The van der Waals surface area contributed by atoms with Gasteiger partial charge in [0.05, 0.1) is 23.3 Å². The Kier molecular flexibility index (Phi) is 5.90. The minimum atomic E-state index is -3.82. The van der Waals surface area contributed by atoms with Gasteiger partial charge in [-0.15, -0.1) is 11.8 Å². The zero-order valence-corrected chi connectivity index (χ0v) is 15.3. The first-order valence-corrected chi connectivity index (χ1v) is 9.79. The lowest BCUT2D eigenvalue weighted by Crippen LogP contribution is -2.16. The fraction of sp³-hybridized carbons (Fsp3) is 0.235. The molecule has 128 valence electrons. The Morgan fingerprint density at radius 3 is 2.58 bits per heavy atom. The van der Waals surface area contributed by atoms with Crippen molar-refractivity contribution in [3.05, 3.63) is 53.6 Å². The summed E-state index contributed by atoms with van der Waals surface area (Å²) < 4.78 is 32.8. The largest absolute Gasteiger partial charge is 0.465 e. The van der Waals surface area contributed by atoms with Crippen LogP contribution in [0.25, 0.3) is 0 Å². The van der Waals surface area contributed by atoms with Gasteiger partial charge in [0.1, 0.15) is 0 Å². The predicted octanol–water partition coefficient (Wildman–Crippen LogP) is 3.69. The highest BCUT2D eigenvalue weighted by Crippen LogP contribution is 2.29. The molecule has 0 unspecified atom stereocenters. The van der Waals surface area contributed by atoms with Gasteiger partial charge in [0.15, 0.2) is 0 Å². The maximum Gasteiger partial charge on any atom is 0.337 e. The zero-order valence-electron chi connectivity index (χ0n) is 13.7. The zero-order chi connectivity index (χ0) is 17.7. The first kappa shape index (κ1) is 18.4. The van der Waals surface area contributed by atoms with Gasteiger partial charge in [-0.1, -0.05) is 25.1 Å². The van der Waals surface area contributed by atoms with Crippen LogP contribution in [0.5, 0.6) is 0 Å². The number of thioether (sulfide) groups is 1. The maximum atomic E-state index is 12.8. The second-order valence-corrected chi connectivity index (χ2v) is 7.96. The molecule has 0 radical (unpaired) electrons. The average molecular weight is 365 g/mol. The van der Waals surface area contributed by atoms with E-state index in [0.29, 0.717) is 11.3 Å². The summed E-state index contributed by atoms with van der Waals surface area (Å²) in [5.41, 5.74) is 1.27. The van der Waals surface area contributed by atoms with Gasteiger partial charge < -0.3 is 4.74 Å². The third kappa shape index (κ3) is 4.10. The molecule has 2 aromatic carbocycles. The molecule has 0 amide bonds. The van der Waals surface area contributed by atoms with E-state index in [9.17, 15) is 13.2 Å². The van der Waals surface area contributed by atoms with E-state index >= 15 is 0 Å². The summed E-state index contributed by atoms with van der Waals surface area (Å²) in [5.74, 6) is 0.253. The van der Waals surface area contributed by atoms with Gasteiger partial charge in [0.25, 0.3) is 10.0 Å². The van der Waals surface area contributed by atoms with Gasteiger partial charge in [0.2, 0.25) is 0 Å². The third-order valence-corrected chi connectivity index (χ3v) is 5.79. The summed E-state index contributed by atoms with van der Waals surface area (Å²) in [6, 6.07) is 11.7. The summed E-state index contributed by atoms with van der Waals surface area (Å²) in [5, 5.41) is 0. The van der Waals surface area contributed by atoms with Crippen LogP contribution in [0.3, 0.4) is 0 Å². The molecule has 0 saturated heterocycles. The number of methoxy groups -OCH3 is 1. The quantitative estimate of drug-likeness (QED) is 0.624. The smallest absolute Gasteiger partial charge is 0.337 e. The number of esters is 1. The molecule has 5 nitrogen and oxygen atoms in total. The normalized spacial score (nSPS) is 11.1. The number of carbonyl (C=O) groups excluding carboxylic acids is 1. The number of para-hydroxylation sites is 1. The van der Waals surface area contributed by atoms with E-state index in [4.69, 9.17) is 0 Å². The van der Waals surface area contributed by atoms with E-state index < -0.39 is 16.0 Å². The van der Waals surface area contributed by atoms with Crippen LogP contribution in [0.1, 0.15) is 22.8 Å².